The van der Waals surface area contributed by atoms with E-state index in [0.717, 1.165) is 36.7 Å². The maximum atomic E-state index is 6.00. The molecule has 0 radical (unpaired) electrons. The highest BCUT2D eigenvalue weighted by Crippen LogP contribution is 2.18. The summed E-state index contributed by atoms with van der Waals surface area (Å²) in [4.78, 5) is 0. The van der Waals surface area contributed by atoms with Gasteiger partial charge in [-0.2, -0.15) is 5.10 Å². The van der Waals surface area contributed by atoms with Gasteiger partial charge in [-0.25, -0.2) is 0 Å². The quantitative estimate of drug-likeness (QED) is 0.866. The molecule has 0 aliphatic heterocycles. The topological polar surface area (TPSA) is 43.8 Å². The molecule has 1 unspecified atom stereocenters. The van der Waals surface area contributed by atoms with Gasteiger partial charge in [-0.15, -0.1) is 0 Å². The van der Waals surface area contributed by atoms with E-state index in [0.29, 0.717) is 6.04 Å². The number of nitrogens with two attached hydrogens (primary N) is 1. The van der Waals surface area contributed by atoms with Crippen molar-refractivity contribution in [2.24, 2.45) is 5.73 Å². The van der Waals surface area contributed by atoms with Crippen LogP contribution in [0.4, 0.5) is 0 Å². The minimum Gasteiger partial charge on any atom is -0.328 e. The lowest BCUT2D eigenvalue weighted by atomic mass is 10.1. The number of nitrogens with zero attached hydrogens (tertiary/aromatic N) is 2. The molecule has 0 aromatic carbocycles. The van der Waals surface area contributed by atoms with Crippen LogP contribution >= 0.6 is 15.9 Å². The molecule has 15 heavy (non-hydrogen) atoms. The smallest absolute Gasteiger partial charge is 0.0635 e. The Kier molecular flexibility index (Phi) is 5.32. The van der Waals surface area contributed by atoms with Gasteiger partial charge >= 0.3 is 0 Å². The summed E-state index contributed by atoms with van der Waals surface area (Å²) in [6.45, 7) is 5.20. The highest BCUT2D eigenvalue weighted by atomic mass is 79.9. The van der Waals surface area contributed by atoms with Gasteiger partial charge in [-0.3, -0.25) is 4.68 Å². The molecule has 1 aromatic rings. The number of hydrogen-bond acceptors (Lipinski definition) is 2. The third-order valence-electron chi connectivity index (χ3n) is 2.61. The van der Waals surface area contributed by atoms with Gasteiger partial charge in [0.05, 0.1) is 16.4 Å². The Morgan fingerprint density at radius 2 is 2.20 bits per heavy atom. The second kappa shape index (κ2) is 6.28. The first-order valence-electron chi connectivity index (χ1n) is 5.64. The number of hydrogen-bond donors (Lipinski definition) is 1. The molecule has 86 valence electrons. The second-order valence-electron chi connectivity index (χ2n) is 3.84. The maximum Gasteiger partial charge on any atom is 0.0635 e. The van der Waals surface area contributed by atoms with Crippen LogP contribution in [0.3, 0.4) is 0 Å². The van der Waals surface area contributed by atoms with Crippen LogP contribution in [0.2, 0.25) is 0 Å². The fraction of sp³-hybridized carbons (Fsp3) is 0.727. The number of aromatic nitrogens is 2. The van der Waals surface area contributed by atoms with Crippen LogP contribution in [-0.2, 0) is 13.0 Å². The van der Waals surface area contributed by atoms with E-state index in [4.69, 9.17) is 5.73 Å². The average molecular weight is 274 g/mol. The molecule has 0 bridgehead atoms. The summed E-state index contributed by atoms with van der Waals surface area (Å²) in [5, 5.41) is 4.29. The lowest BCUT2D eigenvalue weighted by Crippen LogP contribution is -2.20. The summed E-state index contributed by atoms with van der Waals surface area (Å²) in [5.74, 6) is 0. The summed E-state index contributed by atoms with van der Waals surface area (Å²) >= 11 is 3.52. The second-order valence-corrected chi connectivity index (χ2v) is 4.70. The van der Waals surface area contributed by atoms with Crippen LogP contribution in [0.1, 0.15) is 38.8 Å². The standard InChI is InChI=1S/C11H20BrN3/c1-3-5-9(13)6-7-11-10(12)8-14-15(11)4-2/h8-9H,3-7,13H2,1-2H3. The zero-order valence-corrected chi connectivity index (χ0v) is 11.1. The number of halogens is 1. The third kappa shape index (κ3) is 3.61. The molecule has 0 amide bonds. The zero-order chi connectivity index (χ0) is 11.3. The third-order valence-corrected chi connectivity index (χ3v) is 3.27. The van der Waals surface area contributed by atoms with E-state index < -0.39 is 0 Å². The van der Waals surface area contributed by atoms with Crippen LogP contribution in [0.25, 0.3) is 0 Å². The molecule has 0 spiro atoms. The van der Waals surface area contributed by atoms with E-state index >= 15 is 0 Å². The number of rotatable bonds is 6. The first-order chi connectivity index (χ1) is 7.19. The minimum atomic E-state index is 0.321. The summed E-state index contributed by atoms with van der Waals surface area (Å²) in [6, 6.07) is 0.321. The van der Waals surface area contributed by atoms with Gasteiger partial charge in [0.15, 0.2) is 0 Å². The molecular weight excluding hydrogens is 254 g/mol. The van der Waals surface area contributed by atoms with Crippen molar-refractivity contribution in [1.29, 1.82) is 0 Å². The van der Waals surface area contributed by atoms with Gasteiger partial charge in [-0.1, -0.05) is 13.3 Å². The Morgan fingerprint density at radius 3 is 2.80 bits per heavy atom. The molecule has 0 aliphatic rings. The Hall–Kier alpha value is -0.350. The fourth-order valence-corrected chi connectivity index (χ4v) is 2.24. The lowest BCUT2D eigenvalue weighted by Gasteiger charge is -2.11. The summed E-state index contributed by atoms with van der Waals surface area (Å²) in [6.07, 6.45) is 6.19. The van der Waals surface area contributed by atoms with Crippen molar-refractivity contribution in [3.63, 3.8) is 0 Å². The van der Waals surface area contributed by atoms with Crippen LogP contribution in [0.15, 0.2) is 10.7 Å². The van der Waals surface area contributed by atoms with Crippen LogP contribution < -0.4 is 5.73 Å². The SMILES string of the molecule is CCCC(N)CCc1c(Br)cnn1CC. The van der Waals surface area contributed by atoms with E-state index in [9.17, 15) is 0 Å². The van der Waals surface area contributed by atoms with Crippen molar-refractivity contribution in [3.05, 3.63) is 16.4 Å². The van der Waals surface area contributed by atoms with Gasteiger partial charge in [0, 0.05) is 12.6 Å². The van der Waals surface area contributed by atoms with E-state index in [-0.39, 0.29) is 0 Å². The monoisotopic (exact) mass is 273 g/mol. The van der Waals surface area contributed by atoms with E-state index in [1.807, 2.05) is 10.9 Å². The van der Waals surface area contributed by atoms with Gasteiger partial charge < -0.3 is 5.73 Å². The summed E-state index contributed by atoms with van der Waals surface area (Å²) in [7, 11) is 0. The Labute approximate surface area is 100 Å². The highest BCUT2D eigenvalue weighted by molar-refractivity contribution is 9.10. The van der Waals surface area contributed by atoms with Crippen molar-refractivity contribution in [2.75, 3.05) is 0 Å². The summed E-state index contributed by atoms with van der Waals surface area (Å²) in [5.41, 5.74) is 7.27. The maximum absolute atomic E-state index is 6.00. The molecule has 3 nitrogen and oxygen atoms in total. The molecule has 1 atom stereocenters. The Balaban J connectivity index is 2.52. The predicted molar refractivity (Wildman–Crippen MR) is 66.8 cm³/mol. The van der Waals surface area contributed by atoms with Crippen molar-refractivity contribution >= 4 is 15.9 Å². The normalized spacial score (nSPS) is 13.1. The summed E-state index contributed by atoms with van der Waals surface area (Å²) < 4.78 is 3.14. The Bertz CT molecular complexity index is 296. The van der Waals surface area contributed by atoms with Crippen molar-refractivity contribution in [2.45, 2.75) is 52.1 Å². The van der Waals surface area contributed by atoms with Crippen LogP contribution in [-0.4, -0.2) is 15.8 Å². The molecule has 0 fully saturated rings. The molecule has 1 heterocycles. The first-order valence-corrected chi connectivity index (χ1v) is 6.44. The molecule has 0 saturated carbocycles. The molecule has 0 aliphatic carbocycles. The minimum absolute atomic E-state index is 0.321. The van der Waals surface area contributed by atoms with E-state index in [1.54, 1.807) is 0 Å². The molecule has 2 N–H and O–H groups in total. The van der Waals surface area contributed by atoms with Crippen LogP contribution in [0, 0.1) is 0 Å². The first kappa shape index (κ1) is 12.7. The molecule has 0 saturated heterocycles. The molecule has 1 aromatic heterocycles. The average Bonchev–Trinajstić information content (AvgIpc) is 2.57. The van der Waals surface area contributed by atoms with Crippen molar-refractivity contribution < 1.29 is 0 Å². The predicted octanol–water partition coefficient (Wildman–Crippen LogP) is 2.73. The van der Waals surface area contributed by atoms with Gasteiger partial charge in [0.2, 0.25) is 0 Å². The van der Waals surface area contributed by atoms with Gasteiger partial charge in [0.25, 0.3) is 0 Å². The largest absolute Gasteiger partial charge is 0.328 e. The fourth-order valence-electron chi connectivity index (χ4n) is 1.75. The Morgan fingerprint density at radius 1 is 1.47 bits per heavy atom. The zero-order valence-electron chi connectivity index (χ0n) is 9.54. The van der Waals surface area contributed by atoms with Gasteiger partial charge in [-0.05, 0) is 42.1 Å². The van der Waals surface area contributed by atoms with E-state index in [1.165, 1.54) is 5.69 Å². The molecular formula is C11H20BrN3. The highest BCUT2D eigenvalue weighted by Gasteiger charge is 2.09. The number of aryl methyl sites for hydroxylation is 1. The lowest BCUT2D eigenvalue weighted by molar-refractivity contribution is 0.536. The van der Waals surface area contributed by atoms with Crippen LogP contribution in [0.5, 0.6) is 0 Å². The van der Waals surface area contributed by atoms with E-state index in [2.05, 4.69) is 34.9 Å². The van der Waals surface area contributed by atoms with Crippen molar-refractivity contribution in [3.8, 4) is 0 Å². The molecule has 1 rings (SSSR count). The van der Waals surface area contributed by atoms with Gasteiger partial charge in [0.1, 0.15) is 0 Å². The molecule has 4 heteroatoms. The van der Waals surface area contributed by atoms with Crippen molar-refractivity contribution in [1.82, 2.24) is 9.78 Å².